The highest BCUT2D eigenvalue weighted by molar-refractivity contribution is 7.47. The molecular weight excluding hydrogens is 1430 g/mol. The highest BCUT2D eigenvalue weighted by Crippen LogP contribution is 2.45. The third kappa shape index (κ3) is 80.2. The molecule has 0 aromatic heterocycles. The highest BCUT2D eigenvalue weighted by atomic mass is 31.2. The molecule has 624 valence electrons. The molecule has 0 heterocycles. The number of hydrogen-bond donors (Lipinski definition) is 3. The number of hydrogen-bond acceptors (Lipinski definition) is 15. The van der Waals surface area contributed by atoms with E-state index in [1.165, 1.54) is 25.7 Å². The minimum absolute atomic E-state index is 0.0261. The summed E-state index contributed by atoms with van der Waals surface area (Å²) in [5, 5.41) is 10.7. The van der Waals surface area contributed by atoms with Crippen LogP contribution in [-0.2, 0) is 65.4 Å². The van der Waals surface area contributed by atoms with Crippen molar-refractivity contribution in [2.75, 3.05) is 39.6 Å². The lowest BCUT2D eigenvalue weighted by atomic mass is 10.1. The van der Waals surface area contributed by atoms with E-state index in [1.807, 2.05) is 18.2 Å². The molecule has 0 aromatic rings. The maximum atomic E-state index is 13.1. The SMILES string of the molecule is CC/C=C\C/C=C\C/C=C\C/C=C\C/C=C\C/C=C\CCC(=O)OCC(COP(=O)(O)OCC(O)COP(=O)(O)OCC(COC(=O)CCCCCCCC/C=C\C/C=C\C/C=C\C/C=C\CC)OC(=O)CCCCCCC/C=C\CCCCCC)OC(=O)CCCCCCCC/C=C\C/C=C\C/C=C\C/C=C\CC. The molecule has 110 heavy (non-hydrogen) atoms. The van der Waals surface area contributed by atoms with E-state index < -0.39 is 97.5 Å². The molecule has 0 saturated heterocycles. The van der Waals surface area contributed by atoms with Crippen LogP contribution in [0.5, 0.6) is 0 Å². The summed E-state index contributed by atoms with van der Waals surface area (Å²) in [6.45, 7) is 4.40. The summed E-state index contributed by atoms with van der Waals surface area (Å²) in [6.07, 6.45) is 98.7. The van der Waals surface area contributed by atoms with Crippen LogP contribution in [0.1, 0.15) is 310 Å². The molecule has 19 heteroatoms. The normalized spacial score (nSPS) is 14.7. The average molecular weight is 1580 g/mol. The summed E-state index contributed by atoms with van der Waals surface area (Å²) in [5.41, 5.74) is 0. The predicted molar refractivity (Wildman–Crippen MR) is 454 cm³/mol. The molecule has 0 aliphatic carbocycles. The van der Waals surface area contributed by atoms with E-state index in [2.05, 4.69) is 192 Å². The van der Waals surface area contributed by atoms with Gasteiger partial charge in [0.25, 0.3) is 0 Å². The molecule has 3 N–H and O–H groups in total. The van der Waals surface area contributed by atoms with E-state index in [0.717, 1.165) is 199 Å². The molecule has 0 rings (SSSR count). The van der Waals surface area contributed by atoms with Gasteiger partial charge >= 0.3 is 39.5 Å². The molecule has 0 spiro atoms. The maximum absolute atomic E-state index is 13.1. The second-order valence-electron chi connectivity index (χ2n) is 27.3. The summed E-state index contributed by atoms with van der Waals surface area (Å²) in [4.78, 5) is 73.2. The van der Waals surface area contributed by atoms with E-state index in [-0.39, 0.29) is 25.7 Å². The molecule has 0 aliphatic rings. The lowest BCUT2D eigenvalue weighted by Crippen LogP contribution is -2.30. The molecule has 5 unspecified atom stereocenters. The van der Waals surface area contributed by atoms with Crippen molar-refractivity contribution in [3.63, 3.8) is 0 Å². The van der Waals surface area contributed by atoms with E-state index >= 15 is 0 Å². The van der Waals surface area contributed by atoms with Gasteiger partial charge in [0.1, 0.15) is 19.3 Å². The van der Waals surface area contributed by atoms with Gasteiger partial charge in [-0.25, -0.2) is 9.13 Å². The van der Waals surface area contributed by atoms with Gasteiger partial charge in [-0.1, -0.05) is 300 Å². The first-order valence-corrected chi connectivity index (χ1v) is 45.0. The van der Waals surface area contributed by atoms with Gasteiger partial charge in [-0.2, -0.15) is 0 Å². The number of phosphoric acid groups is 2. The molecule has 0 aliphatic heterocycles. The number of ether oxygens (including phenoxy) is 4. The number of allylic oxidation sites excluding steroid dienone is 30. The van der Waals surface area contributed by atoms with Crippen LogP contribution in [0.2, 0.25) is 0 Å². The van der Waals surface area contributed by atoms with Crippen molar-refractivity contribution >= 4 is 39.5 Å². The topological polar surface area (TPSA) is 237 Å². The van der Waals surface area contributed by atoms with Gasteiger partial charge < -0.3 is 33.8 Å². The van der Waals surface area contributed by atoms with Crippen molar-refractivity contribution < 1.29 is 80.2 Å². The lowest BCUT2D eigenvalue weighted by molar-refractivity contribution is -0.161. The second-order valence-corrected chi connectivity index (χ2v) is 30.2. The molecule has 0 fully saturated rings. The predicted octanol–water partition coefficient (Wildman–Crippen LogP) is 25.1. The molecular formula is C91H148O17P2. The molecule has 0 radical (unpaired) electrons. The van der Waals surface area contributed by atoms with Gasteiger partial charge in [-0.3, -0.25) is 37.3 Å². The summed E-state index contributed by atoms with van der Waals surface area (Å²) < 4.78 is 68.7. The minimum atomic E-state index is -5.01. The number of rotatable bonds is 77. The van der Waals surface area contributed by atoms with Crippen molar-refractivity contribution in [1.82, 2.24) is 0 Å². The third-order valence-corrected chi connectivity index (χ3v) is 18.8. The van der Waals surface area contributed by atoms with Gasteiger partial charge in [0.05, 0.1) is 26.4 Å². The third-order valence-electron chi connectivity index (χ3n) is 16.9. The Morgan fingerprint density at radius 3 is 0.791 bits per heavy atom. The number of phosphoric ester groups is 2. The van der Waals surface area contributed by atoms with Crippen molar-refractivity contribution in [3.05, 3.63) is 182 Å². The van der Waals surface area contributed by atoms with Crippen LogP contribution in [0.25, 0.3) is 0 Å². The van der Waals surface area contributed by atoms with Gasteiger partial charge in [-0.15, -0.1) is 0 Å². The molecule has 0 saturated carbocycles. The minimum Gasteiger partial charge on any atom is -0.462 e. The zero-order valence-corrected chi connectivity index (χ0v) is 70.1. The highest BCUT2D eigenvalue weighted by Gasteiger charge is 2.30. The number of esters is 4. The Morgan fingerprint density at radius 1 is 0.264 bits per heavy atom. The molecule has 0 amide bonds. The van der Waals surface area contributed by atoms with Crippen LogP contribution in [0.3, 0.4) is 0 Å². The fourth-order valence-corrected chi connectivity index (χ4v) is 12.2. The molecule has 0 bridgehead atoms. The van der Waals surface area contributed by atoms with Crippen LogP contribution < -0.4 is 0 Å². The van der Waals surface area contributed by atoms with E-state index in [1.54, 1.807) is 0 Å². The van der Waals surface area contributed by atoms with Gasteiger partial charge in [0.2, 0.25) is 0 Å². The van der Waals surface area contributed by atoms with Gasteiger partial charge in [0.15, 0.2) is 12.2 Å². The van der Waals surface area contributed by atoms with Crippen molar-refractivity contribution in [1.29, 1.82) is 0 Å². The van der Waals surface area contributed by atoms with Crippen molar-refractivity contribution in [2.45, 2.75) is 329 Å². The second kappa shape index (κ2) is 81.2. The van der Waals surface area contributed by atoms with Crippen LogP contribution in [0.15, 0.2) is 182 Å². The summed E-state index contributed by atoms with van der Waals surface area (Å²) in [6, 6.07) is 0. The summed E-state index contributed by atoms with van der Waals surface area (Å²) >= 11 is 0. The Morgan fingerprint density at radius 2 is 0.491 bits per heavy atom. The quantitative estimate of drug-likeness (QED) is 0.0169. The maximum Gasteiger partial charge on any atom is 0.472 e. The first-order chi connectivity index (χ1) is 53.7. The van der Waals surface area contributed by atoms with Crippen LogP contribution >= 0.6 is 15.6 Å². The van der Waals surface area contributed by atoms with E-state index in [9.17, 15) is 43.2 Å². The Labute approximate surface area is 666 Å². The fourth-order valence-electron chi connectivity index (χ4n) is 10.6. The summed E-state index contributed by atoms with van der Waals surface area (Å²) in [7, 11) is -10.0. The summed E-state index contributed by atoms with van der Waals surface area (Å²) in [5.74, 6) is -2.32. The number of unbranched alkanes of at least 4 members (excludes halogenated alkanes) is 21. The molecule has 17 nitrogen and oxygen atoms in total. The Balaban J connectivity index is 5.47. The monoisotopic (exact) mass is 1580 g/mol. The van der Waals surface area contributed by atoms with Gasteiger partial charge in [-0.05, 0) is 167 Å². The number of carbonyl (C=O) groups excluding carboxylic acids is 4. The number of aliphatic hydroxyl groups excluding tert-OH is 1. The van der Waals surface area contributed by atoms with Crippen molar-refractivity contribution in [3.8, 4) is 0 Å². The first kappa shape index (κ1) is 104. The molecule has 0 aromatic carbocycles. The Hall–Kier alpha value is -5.84. The Kier molecular flexibility index (Phi) is 76.9. The standard InChI is InChI=1S/C91H148O17P2/c1-5-9-13-17-21-25-29-33-36-39-42-45-48-52-55-59-63-67-71-75-88(93)101-81-86(107-90(95)77-73-69-65-61-57-51-32-28-24-20-16-12-8-4)83-105-109(97,98)103-79-85(92)80-104-110(99,100)106-84-87(108-91(96)78-74-70-66-62-58-54-50-47-44-41-38-35-31-27-23-19-15-11-7-3)82-102-89(94)76-72-68-64-60-56-53-49-46-43-40-37-34-30-26-22-18-14-10-6-2/h9-11,13-15,21-23,25-28,32-38,42-47,53,56,64,68,85-87,92H,5-8,12,16-20,24,29-31,39-41,48-52,54-55,57-63,65-67,69-84H2,1-4H3,(H,97,98)(H,99,100)/b13-9-,14-10-,15-11-,25-21-,26-22-,27-23-,32-28-,36-33-,37-34-,38-35-,45-42-,46-43-,47-44-,56-53-,68-64-. The van der Waals surface area contributed by atoms with Crippen molar-refractivity contribution in [2.24, 2.45) is 0 Å². The largest absolute Gasteiger partial charge is 0.472 e. The van der Waals surface area contributed by atoms with E-state index in [4.69, 9.17) is 37.0 Å². The zero-order chi connectivity index (χ0) is 80.3. The van der Waals surface area contributed by atoms with Crippen LogP contribution in [0.4, 0.5) is 0 Å². The Bertz CT molecular complexity index is 2800. The zero-order valence-electron chi connectivity index (χ0n) is 68.4. The van der Waals surface area contributed by atoms with Crippen LogP contribution in [0, 0.1) is 0 Å². The molecule has 5 atom stereocenters. The van der Waals surface area contributed by atoms with E-state index in [0.29, 0.717) is 32.1 Å². The average Bonchev–Trinajstić information content (AvgIpc) is 0.900. The smallest absolute Gasteiger partial charge is 0.462 e. The first-order valence-electron chi connectivity index (χ1n) is 42.0. The van der Waals surface area contributed by atoms with Gasteiger partial charge in [0, 0.05) is 25.7 Å². The number of aliphatic hydroxyl groups is 1. The fraction of sp³-hybridized carbons (Fsp3) is 0.626. The lowest BCUT2D eigenvalue weighted by Gasteiger charge is -2.21. The van der Waals surface area contributed by atoms with Crippen LogP contribution in [-0.4, -0.2) is 96.7 Å². The number of carbonyl (C=O) groups is 4.